The summed E-state index contributed by atoms with van der Waals surface area (Å²) < 4.78 is 11.1. The molecule has 0 aliphatic carbocycles. The van der Waals surface area contributed by atoms with E-state index in [0.717, 1.165) is 50.8 Å². The topological polar surface area (TPSA) is 71.9 Å². The number of nitrogens with two attached hydrogens (primary N) is 1. The third-order valence-corrected chi connectivity index (χ3v) is 3.20. The van der Waals surface area contributed by atoms with Gasteiger partial charge in [0.2, 0.25) is 0 Å². The number of hydrogen-bond acceptors (Lipinski definition) is 5. The molecule has 0 saturated carbocycles. The van der Waals surface area contributed by atoms with Gasteiger partial charge in [-0.05, 0) is 25.0 Å². The molecule has 1 fully saturated rings. The highest BCUT2D eigenvalue weighted by Crippen LogP contribution is 2.19. The van der Waals surface area contributed by atoms with Gasteiger partial charge >= 0.3 is 0 Å². The van der Waals surface area contributed by atoms with E-state index in [9.17, 15) is 0 Å². The maximum Gasteiger partial charge on any atom is 0.120 e. The van der Waals surface area contributed by atoms with Crippen LogP contribution in [0.15, 0.2) is 16.5 Å². The molecule has 0 radical (unpaired) electrons. The molecule has 3 N–H and O–H groups in total. The van der Waals surface area contributed by atoms with Gasteiger partial charge in [-0.2, -0.15) is 0 Å². The highest BCUT2D eigenvalue weighted by atomic mass is 16.5. The van der Waals surface area contributed by atoms with Crippen molar-refractivity contribution in [1.29, 1.82) is 0 Å². The van der Waals surface area contributed by atoms with Gasteiger partial charge in [-0.15, -0.1) is 0 Å². The quantitative estimate of drug-likeness (QED) is 0.788. The lowest BCUT2D eigenvalue weighted by molar-refractivity contribution is 0.0311. The monoisotopic (exact) mass is 254 g/mol. The first kappa shape index (κ1) is 13.5. The Labute approximate surface area is 108 Å². The summed E-state index contributed by atoms with van der Waals surface area (Å²) in [6, 6.07) is 3.82. The molecule has 1 atom stereocenters. The van der Waals surface area contributed by atoms with E-state index in [4.69, 9.17) is 20.0 Å². The molecule has 0 unspecified atom stereocenters. The van der Waals surface area contributed by atoms with Gasteiger partial charge < -0.3 is 20.0 Å². The number of furan rings is 1. The van der Waals surface area contributed by atoms with Gasteiger partial charge in [-0.1, -0.05) is 0 Å². The lowest BCUT2D eigenvalue weighted by atomic mass is 10.1. The van der Waals surface area contributed by atoms with Crippen molar-refractivity contribution < 1.29 is 14.3 Å². The minimum Gasteiger partial charge on any atom is -0.463 e. The van der Waals surface area contributed by atoms with E-state index in [-0.39, 0.29) is 12.6 Å². The second kappa shape index (κ2) is 6.89. The van der Waals surface area contributed by atoms with Gasteiger partial charge in [0, 0.05) is 19.7 Å². The van der Waals surface area contributed by atoms with Crippen molar-refractivity contribution in [2.24, 2.45) is 5.73 Å². The van der Waals surface area contributed by atoms with Crippen LogP contribution in [0.5, 0.6) is 0 Å². The molecule has 0 aromatic carbocycles. The largest absolute Gasteiger partial charge is 0.463 e. The van der Waals surface area contributed by atoms with Crippen LogP contribution < -0.4 is 5.73 Å². The first-order valence-corrected chi connectivity index (χ1v) is 6.55. The summed E-state index contributed by atoms with van der Waals surface area (Å²) >= 11 is 0. The van der Waals surface area contributed by atoms with Crippen LogP contribution in [0.25, 0.3) is 0 Å². The molecular weight excluding hydrogens is 232 g/mol. The lowest BCUT2D eigenvalue weighted by Crippen LogP contribution is -2.35. The van der Waals surface area contributed by atoms with Crippen molar-refractivity contribution in [2.45, 2.75) is 25.4 Å². The minimum absolute atomic E-state index is 0.115. The summed E-state index contributed by atoms with van der Waals surface area (Å²) in [7, 11) is 0. The van der Waals surface area contributed by atoms with Crippen LogP contribution in [0.4, 0.5) is 0 Å². The second-order valence-electron chi connectivity index (χ2n) is 4.66. The van der Waals surface area contributed by atoms with E-state index < -0.39 is 0 Å². The molecule has 2 rings (SSSR count). The van der Waals surface area contributed by atoms with Crippen molar-refractivity contribution >= 4 is 0 Å². The van der Waals surface area contributed by atoms with E-state index in [2.05, 4.69) is 4.90 Å². The van der Waals surface area contributed by atoms with Crippen LogP contribution in [-0.2, 0) is 11.3 Å². The standard InChI is InChI=1S/C13H22N2O3/c14-12(2-1-7-16)13-4-3-11(18-13)10-15-5-8-17-9-6-15/h3-4,12,16H,1-2,5-10,14H2/t12-/m0/s1. The smallest absolute Gasteiger partial charge is 0.120 e. The van der Waals surface area contributed by atoms with Gasteiger partial charge in [0.25, 0.3) is 0 Å². The number of rotatable bonds is 6. The van der Waals surface area contributed by atoms with Crippen molar-refractivity contribution in [2.75, 3.05) is 32.9 Å². The molecule has 1 aliphatic rings. The van der Waals surface area contributed by atoms with E-state index in [1.54, 1.807) is 0 Å². The van der Waals surface area contributed by atoms with Crippen molar-refractivity contribution in [1.82, 2.24) is 4.90 Å². The molecule has 0 amide bonds. The Hall–Kier alpha value is -0.880. The number of ether oxygens (including phenoxy) is 1. The zero-order chi connectivity index (χ0) is 12.8. The van der Waals surface area contributed by atoms with Crippen LogP contribution in [0, 0.1) is 0 Å². The highest BCUT2D eigenvalue weighted by Gasteiger charge is 2.15. The second-order valence-corrected chi connectivity index (χ2v) is 4.66. The fourth-order valence-corrected chi connectivity index (χ4v) is 2.11. The molecule has 0 spiro atoms. The van der Waals surface area contributed by atoms with Crippen molar-refractivity contribution in [3.05, 3.63) is 23.7 Å². The minimum atomic E-state index is -0.115. The molecule has 5 heteroatoms. The normalized spacial score (nSPS) is 19.0. The summed E-state index contributed by atoms with van der Waals surface area (Å²) in [6.45, 7) is 4.48. The Kier molecular flexibility index (Phi) is 5.19. The molecule has 1 aromatic heterocycles. The highest BCUT2D eigenvalue weighted by molar-refractivity contribution is 5.10. The van der Waals surface area contributed by atoms with Crippen LogP contribution in [0.2, 0.25) is 0 Å². The number of aliphatic hydroxyl groups excluding tert-OH is 1. The third-order valence-electron chi connectivity index (χ3n) is 3.20. The maximum atomic E-state index is 8.78. The predicted octanol–water partition coefficient (Wildman–Crippen LogP) is 0.884. The van der Waals surface area contributed by atoms with Gasteiger partial charge in [-0.3, -0.25) is 4.90 Å². The van der Waals surface area contributed by atoms with Crippen molar-refractivity contribution in [3.63, 3.8) is 0 Å². The molecule has 2 heterocycles. The Balaban J connectivity index is 1.84. The molecule has 1 aromatic rings. The Morgan fingerprint density at radius 1 is 1.33 bits per heavy atom. The van der Waals surface area contributed by atoms with Gasteiger partial charge in [0.05, 0.1) is 25.8 Å². The summed E-state index contributed by atoms with van der Waals surface area (Å²) in [5.41, 5.74) is 5.99. The van der Waals surface area contributed by atoms with Crippen LogP contribution in [-0.4, -0.2) is 42.9 Å². The Morgan fingerprint density at radius 2 is 2.11 bits per heavy atom. The number of nitrogens with zero attached hydrogens (tertiary/aromatic N) is 1. The van der Waals surface area contributed by atoms with Gasteiger partial charge in [0.15, 0.2) is 0 Å². The number of aliphatic hydroxyl groups is 1. The third kappa shape index (κ3) is 3.81. The average Bonchev–Trinajstić information content (AvgIpc) is 2.86. The summed E-state index contributed by atoms with van der Waals surface area (Å²) in [6.07, 6.45) is 1.46. The molecule has 102 valence electrons. The average molecular weight is 254 g/mol. The zero-order valence-corrected chi connectivity index (χ0v) is 10.7. The molecule has 1 aliphatic heterocycles. The van der Waals surface area contributed by atoms with E-state index in [1.165, 1.54) is 0 Å². The molecule has 1 saturated heterocycles. The SMILES string of the molecule is N[C@@H](CCCO)c1ccc(CN2CCOCC2)o1. The first-order valence-electron chi connectivity index (χ1n) is 6.55. The van der Waals surface area contributed by atoms with Gasteiger partial charge in [0.1, 0.15) is 11.5 Å². The predicted molar refractivity (Wildman–Crippen MR) is 68.1 cm³/mol. The zero-order valence-electron chi connectivity index (χ0n) is 10.7. The fourth-order valence-electron chi connectivity index (χ4n) is 2.11. The number of hydrogen-bond donors (Lipinski definition) is 2. The fraction of sp³-hybridized carbons (Fsp3) is 0.692. The summed E-state index contributed by atoms with van der Waals surface area (Å²) in [4.78, 5) is 2.31. The van der Waals surface area contributed by atoms with E-state index in [1.807, 2.05) is 12.1 Å². The van der Waals surface area contributed by atoms with E-state index >= 15 is 0 Å². The van der Waals surface area contributed by atoms with E-state index in [0.29, 0.717) is 6.42 Å². The molecular formula is C13H22N2O3. The van der Waals surface area contributed by atoms with Crippen LogP contribution >= 0.6 is 0 Å². The Bertz CT molecular complexity index is 348. The van der Waals surface area contributed by atoms with Gasteiger partial charge in [-0.25, -0.2) is 0 Å². The van der Waals surface area contributed by atoms with Crippen molar-refractivity contribution in [3.8, 4) is 0 Å². The first-order chi connectivity index (χ1) is 8.79. The maximum absolute atomic E-state index is 8.78. The molecule has 0 bridgehead atoms. The summed E-state index contributed by atoms with van der Waals surface area (Å²) in [5, 5.41) is 8.78. The number of morpholine rings is 1. The summed E-state index contributed by atoms with van der Waals surface area (Å²) in [5.74, 6) is 1.76. The molecule has 5 nitrogen and oxygen atoms in total. The van der Waals surface area contributed by atoms with Crippen LogP contribution in [0.1, 0.15) is 30.4 Å². The van der Waals surface area contributed by atoms with Crippen LogP contribution in [0.3, 0.4) is 0 Å². The Morgan fingerprint density at radius 3 is 2.83 bits per heavy atom. The lowest BCUT2D eigenvalue weighted by Gasteiger charge is -2.25. The molecule has 18 heavy (non-hydrogen) atoms.